The van der Waals surface area contributed by atoms with Crippen LogP contribution in [0.5, 0.6) is 0 Å². The zero-order chi connectivity index (χ0) is 31.4. The Morgan fingerprint density at radius 1 is 0.455 bits per heavy atom. The molecule has 0 unspecified atom stereocenters. The van der Waals surface area contributed by atoms with Crippen molar-refractivity contribution in [3.8, 4) is 23.0 Å². The van der Waals surface area contributed by atoms with E-state index < -0.39 is 0 Å². The van der Waals surface area contributed by atoms with Crippen LogP contribution in [0.3, 0.4) is 0 Å². The Morgan fingerprint density at radius 2 is 0.795 bits per heavy atom. The van der Waals surface area contributed by atoms with E-state index in [1.807, 2.05) is 24.3 Å². The second-order valence-corrected chi connectivity index (χ2v) is 16.6. The Kier molecular flexibility index (Phi) is 6.59. The van der Waals surface area contributed by atoms with E-state index in [-0.39, 0.29) is 21.7 Å². The van der Waals surface area contributed by atoms with Crippen molar-refractivity contribution in [2.75, 3.05) is 0 Å². The highest BCUT2D eigenvalue weighted by Crippen LogP contribution is 2.46. The highest BCUT2D eigenvalue weighted by Gasteiger charge is 2.41. The van der Waals surface area contributed by atoms with E-state index in [0.717, 1.165) is 79.2 Å². The number of nitrogens with zero attached hydrogens (tertiary/aromatic N) is 8. The van der Waals surface area contributed by atoms with Crippen LogP contribution in [-0.4, -0.2) is 40.3 Å². The summed E-state index contributed by atoms with van der Waals surface area (Å²) in [5.41, 5.74) is 6.46. The quantitative estimate of drug-likeness (QED) is 0.167. The summed E-state index contributed by atoms with van der Waals surface area (Å²) < 4.78 is 1.83. The lowest BCUT2D eigenvalue weighted by molar-refractivity contribution is 0.311. The van der Waals surface area contributed by atoms with E-state index in [4.69, 9.17) is 30.1 Å². The second-order valence-electron chi connectivity index (χ2n) is 15.0. The summed E-state index contributed by atoms with van der Waals surface area (Å²) >= 11 is 7.59. The molecule has 226 valence electrons. The molecule has 0 N–H and O–H groups in total. The summed E-state index contributed by atoms with van der Waals surface area (Å²) in [4.78, 5) is 20.4. The fourth-order valence-electron chi connectivity index (χ4n) is 6.57. The molecule has 0 saturated heterocycles. The third kappa shape index (κ3) is 4.58. The molecule has 1 aromatic carbocycles. The van der Waals surface area contributed by atoms with Gasteiger partial charge in [-0.25, -0.2) is 19.9 Å². The zero-order valence-electron chi connectivity index (χ0n) is 26.5. The largest absolute Gasteiger partial charge is 0.242 e. The van der Waals surface area contributed by atoms with Crippen LogP contribution >= 0.6 is 31.9 Å². The van der Waals surface area contributed by atoms with Gasteiger partial charge in [0, 0.05) is 41.4 Å². The van der Waals surface area contributed by atoms with Crippen LogP contribution in [0.2, 0.25) is 0 Å². The molecular formula is C34H36Br2N8. The summed E-state index contributed by atoms with van der Waals surface area (Å²) in [6.07, 6.45) is 4.20. The summed E-state index contributed by atoms with van der Waals surface area (Å²) in [7, 11) is 0. The summed E-state index contributed by atoms with van der Waals surface area (Å²) in [6, 6.07) is 8.00. The molecule has 4 aromatic heterocycles. The van der Waals surface area contributed by atoms with E-state index in [0.29, 0.717) is 23.0 Å². The number of halogens is 2. The molecule has 0 spiro atoms. The predicted octanol–water partition coefficient (Wildman–Crippen LogP) is 8.71. The lowest BCUT2D eigenvalue weighted by Crippen LogP contribution is -2.36. The van der Waals surface area contributed by atoms with Crippen LogP contribution in [0.15, 0.2) is 33.2 Å². The Balaban J connectivity index is 1.41. The fourth-order valence-corrected chi connectivity index (χ4v) is 7.63. The Bertz CT molecular complexity index is 1870. The maximum absolute atomic E-state index is 5.12. The van der Waals surface area contributed by atoms with Crippen molar-refractivity contribution in [1.82, 2.24) is 40.3 Å². The first-order chi connectivity index (χ1) is 20.6. The smallest absolute Gasteiger partial charge is 0.200 e. The SMILES string of the molecule is CC1(C)CCC(C)(C)c2nc(-c3ccc4c(Br)c(Br)c5ccc(-c6nnc7c(n6)C(C)(C)CCC7(C)C)nc5c4n3)nnc21. The van der Waals surface area contributed by atoms with E-state index in [1.54, 1.807) is 0 Å². The third-order valence-corrected chi connectivity index (χ3v) is 12.0. The Hall–Kier alpha value is -2.98. The molecule has 5 aromatic rings. The van der Waals surface area contributed by atoms with Crippen LogP contribution in [0.25, 0.3) is 44.8 Å². The first-order valence-electron chi connectivity index (χ1n) is 15.2. The van der Waals surface area contributed by atoms with Crippen molar-refractivity contribution >= 4 is 53.7 Å². The molecule has 7 rings (SSSR count). The van der Waals surface area contributed by atoms with Crippen molar-refractivity contribution in [1.29, 1.82) is 0 Å². The Labute approximate surface area is 274 Å². The van der Waals surface area contributed by atoms with Crippen molar-refractivity contribution in [2.24, 2.45) is 0 Å². The molecule has 2 aliphatic rings. The second kappa shape index (κ2) is 9.76. The van der Waals surface area contributed by atoms with Gasteiger partial charge in [0.15, 0.2) is 0 Å². The molecule has 44 heavy (non-hydrogen) atoms. The molecule has 0 radical (unpaired) electrons. The minimum Gasteiger partial charge on any atom is -0.242 e. The number of hydrogen-bond donors (Lipinski definition) is 0. The zero-order valence-corrected chi connectivity index (χ0v) is 29.6. The monoisotopic (exact) mass is 714 g/mol. The normalized spacial score (nSPS) is 19.5. The molecule has 10 heteroatoms. The first kappa shape index (κ1) is 29.7. The minimum absolute atomic E-state index is 0.0631. The number of rotatable bonds is 2. The molecule has 0 bridgehead atoms. The number of pyridine rings is 2. The van der Waals surface area contributed by atoms with Crippen LogP contribution in [0.1, 0.15) is 104 Å². The van der Waals surface area contributed by atoms with Gasteiger partial charge in [-0.3, -0.25) is 0 Å². The van der Waals surface area contributed by atoms with Crippen molar-refractivity contribution < 1.29 is 0 Å². The first-order valence-corrected chi connectivity index (χ1v) is 16.8. The van der Waals surface area contributed by atoms with Crippen molar-refractivity contribution in [2.45, 2.75) is 103 Å². The maximum Gasteiger partial charge on any atom is 0.200 e. The van der Waals surface area contributed by atoms with Crippen LogP contribution in [0.4, 0.5) is 0 Å². The van der Waals surface area contributed by atoms with E-state index in [9.17, 15) is 0 Å². The maximum atomic E-state index is 5.12. The molecule has 0 atom stereocenters. The molecule has 4 heterocycles. The molecule has 8 nitrogen and oxygen atoms in total. The van der Waals surface area contributed by atoms with Crippen LogP contribution in [-0.2, 0) is 21.7 Å². The fraction of sp³-hybridized carbons (Fsp3) is 0.471. The van der Waals surface area contributed by atoms with E-state index >= 15 is 0 Å². The van der Waals surface area contributed by atoms with E-state index in [2.05, 4.69) is 97.4 Å². The number of benzene rings is 1. The van der Waals surface area contributed by atoms with Gasteiger partial charge >= 0.3 is 0 Å². The van der Waals surface area contributed by atoms with E-state index in [1.165, 1.54) is 0 Å². The molecule has 0 fully saturated rings. The van der Waals surface area contributed by atoms with Crippen molar-refractivity contribution in [3.63, 3.8) is 0 Å². The van der Waals surface area contributed by atoms with Gasteiger partial charge in [0.05, 0.1) is 33.8 Å². The molecule has 0 saturated carbocycles. The van der Waals surface area contributed by atoms with Gasteiger partial charge in [-0.1, -0.05) is 55.4 Å². The van der Waals surface area contributed by atoms with Crippen molar-refractivity contribution in [3.05, 3.63) is 56.0 Å². The summed E-state index contributed by atoms with van der Waals surface area (Å²) in [6.45, 7) is 17.8. The minimum atomic E-state index is -0.0872. The number of aromatic nitrogens is 8. The summed E-state index contributed by atoms with van der Waals surface area (Å²) in [5, 5.41) is 20.5. The average molecular weight is 717 g/mol. The van der Waals surface area contributed by atoms with Crippen LogP contribution in [0, 0.1) is 0 Å². The van der Waals surface area contributed by atoms with Gasteiger partial charge < -0.3 is 0 Å². The molecular weight excluding hydrogens is 680 g/mol. The predicted molar refractivity (Wildman–Crippen MR) is 181 cm³/mol. The number of fused-ring (bicyclic) bond motifs is 5. The molecule has 2 aliphatic carbocycles. The lowest BCUT2D eigenvalue weighted by Gasteiger charge is -2.39. The lowest BCUT2D eigenvalue weighted by atomic mass is 9.67. The standard InChI is InChI=1S/C34H36Br2N8/c1-31(2)13-15-33(5,6)27-25(31)39-29(43-41-27)19-11-9-17-21(35)22(36)18-10-12-20(38-24(18)23(17)37-19)30-40-26-28(42-44-30)34(7,8)16-14-32(26,3)4/h9-12H,13-16H2,1-8H3. The molecule has 0 amide bonds. The van der Waals surface area contributed by atoms with Gasteiger partial charge in [-0.15, -0.1) is 10.2 Å². The van der Waals surface area contributed by atoms with Gasteiger partial charge in [0.2, 0.25) is 11.6 Å². The summed E-state index contributed by atoms with van der Waals surface area (Å²) in [5.74, 6) is 1.04. The third-order valence-electron chi connectivity index (χ3n) is 9.83. The number of hydrogen-bond acceptors (Lipinski definition) is 8. The van der Waals surface area contributed by atoms with Gasteiger partial charge in [-0.05, 0) is 81.8 Å². The Morgan fingerprint density at radius 3 is 1.16 bits per heavy atom. The van der Waals surface area contributed by atoms with Gasteiger partial charge in [-0.2, -0.15) is 10.2 Å². The highest BCUT2D eigenvalue weighted by molar-refractivity contribution is 9.13. The van der Waals surface area contributed by atoms with Gasteiger partial charge in [0.1, 0.15) is 11.4 Å². The average Bonchev–Trinajstić information content (AvgIpc) is 3.00. The van der Waals surface area contributed by atoms with Gasteiger partial charge in [0.25, 0.3) is 0 Å². The highest BCUT2D eigenvalue weighted by atomic mass is 79.9. The topological polar surface area (TPSA) is 103 Å². The molecule has 0 aliphatic heterocycles. The van der Waals surface area contributed by atoms with Crippen LogP contribution < -0.4 is 0 Å².